The molecule has 3 rings (SSSR count). The Hall–Kier alpha value is -1.14. The van der Waals surface area contributed by atoms with Crippen molar-refractivity contribution in [1.29, 1.82) is 0 Å². The first kappa shape index (κ1) is 11.9. The van der Waals surface area contributed by atoms with Gasteiger partial charge in [0.15, 0.2) is 6.23 Å². The van der Waals surface area contributed by atoms with E-state index in [1.165, 1.54) is 6.07 Å². The van der Waals surface area contributed by atoms with Gasteiger partial charge in [0, 0.05) is 18.1 Å². The molecule has 1 atom stereocenters. The number of anilines is 1. The van der Waals surface area contributed by atoms with E-state index in [1.54, 1.807) is 10.9 Å². The molecule has 0 spiro atoms. The first-order valence-electron chi connectivity index (χ1n) is 5.91. The van der Waals surface area contributed by atoms with Crippen LogP contribution in [0.2, 0.25) is 0 Å². The molecule has 1 aliphatic rings. The third-order valence-corrected chi connectivity index (χ3v) is 4.11. The molecule has 0 aliphatic carbocycles. The topological polar surface area (TPSA) is 53.1 Å². The second-order valence-electron chi connectivity index (χ2n) is 4.43. The number of ether oxygens (including phenoxy) is 1. The van der Waals surface area contributed by atoms with Gasteiger partial charge in [-0.25, -0.2) is 9.07 Å². The van der Waals surface area contributed by atoms with E-state index in [9.17, 15) is 4.39 Å². The molecule has 2 aromatic rings. The van der Waals surface area contributed by atoms with Crippen molar-refractivity contribution >= 4 is 32.5 Å². The molecule has 6 heteroatoms. The zero-order valence-electron chi connectivity index (χ0n) is 9.70. The number of aromatic nitrogens is 2. The Morgan fingerprint density at radius 1 is 1.50 bits per heavy atom. The molecule has 96 valence electrons. The second-order valence-corrected chi connectivity index (χ2v) is 5.22. The van der Waals surface area contributed by atoms with Crippen molar-refractivity contribution in [3.05, 3.63) is 22.6 Å². The van der Waals surface area contributed by atoms with Crippen molar-refractivity contribution in [2.75, 3.05) is 12.3 Å². The van der Waals surface area contributed by atoms with Crippen LogP contribution in [-0.2, 0) is 4.74 Å². The molecule has 1 unspecified atom stereocenters. The Balaban J connectivity index is 2.13. The van der Waals surface area contributed by atoms with E-state index >= 15 is 0 Å². The van der Waals surface area contributed by atoms with Gasteiger partial charge in [0.2, 0.25) is 0 Å². The van der Waals surface area contributed by atoms with Gasteiger partial charge in [-0.05, 0) is 35.2 Å². The fourth-order valence-electron chi connectivity index (χ4n) is 2.28. The molecule has 4 nitrogen and oxygen atoms in total. The summed E-state index contributed by atoms with van der Waals surface area (Å²) in [5.74, 6) is -0.438. The van der Waals surface area contributed by atoms with Crippen LogP contribution in [-0.4, -0.2) is 16.4 Å². The summed E-state index contributed by atoms with van der Waals surface area (Å²) in [5.41, 5.74) is 6.47. The zero-order chi connectivity index (χ0) is 12.7. The number of hydrogen-bond acceptors (Lipinski definition) is 3. The van der Waals surface area contributed by atoms with Crippen LogP contribution in [0.25, 0.3) is 10.9 Å². The minimum atomic E-state index is -0.438. The van der Waals surface area contributed by atoms with Crippen LogP contribution in [0.15, 0.2) is 16.7 Å². The lowest BCUT2D eigenvalue weighted by Crippen LogP contribution is -2.19. The van der Waals surface area contributed by atoms with Crippen molar-refractivity contribution < 1.29 is 9.13 Å². The van der Waals surface area contributed by atoms with E-state index in [0.717, 1.165) is 31.3 Å². The third kappa shape index (κ3) is 1.80. The van der Waals surface area contributed by atoms with E-state index in [1.807, 2.05) is 0 Å². The molecule has 1 aliphatic heterocycles. The van der Waals surface area contributed by atoms with Crippen molar-refractivity contribution in [1.82, 2.24) is 9.78 Å². The number of fused-ring (bicyclic) bond motifs is 1. The smallest absolute Gasteiger partial charge is 0.150 e. The summed E-state index contributed by atoms with van der Waals surface area (Å²) >= 11 is 3.31. The summed E-state index contributed by atoms with van der Waals surface area (Å²) in [7, 11) is 0. The molecule has 0 bridgehead atoms. The van der Waals surface area contributed by atoms with Crippen molar-refractivity contribution in [2.24, 2.45) is 0 Å². The number of halogens is 2. The van der Waals surface area contributed by atoms with Gasteiger partial charge in [-0.1, -0.05) is 0 Å². The van der Waals surface area contributed by atoms with Crippen molar-refractivity contribution in [3.63, 3.8) is 0 Å². The molecule has 2 heterocycles. The third-order valence-electron chi connectivity index (χ3n) is 3.26. The number of rotatable bonds is 1. The van der Waals surface area contributed by atoms with Crippen LogP contribution in [0.4, 0.5) is 10.1 Å². The highest BCUT2D eigenvalue weighted by Crippen LogP contribution is 2.34. The van der Waals surface area contributed by atoms with Gasteiger partial charge >= 0.3 is 0 Å². The Morgan fingerprint density at radius 2 is 2.33 bits per heavy atom. The molecule has 2 N–H and O–H groups in total. The first-order valence-corrected chi connectivity index (χ1v) is 6.70. The SMILES string of the molecule is Nc1c(F)cc2c(cnn2C2CCCCO2)c1Br. The molecule has 0 amide bonds. The minimum absolute atomic E-state index is 0.105. The Morgan fingerprint density at radius 3 is 3.06 bits per heavy atom. The molecular weight excluding hydrogens is 301 g/mol. The number of hydrogen-bond donors (Lipinski definition) is 1. The lowest BCUT2D eigenvalue weighted by Gasteiger charge is -2.23. The summed E-state index contributed by atoms with van der Waals surface area (Å²) in [6.07, 6.45) is 4.66. The van der Waals surface area contributed by atoms with Crippen LogP contribution < -0.4 is 5.73 Å². The fourth-order valence-corrected chi connectivity index (χ4v) is 2.77. The van der Waals surface area contributed by atoms with Gasteiger partial charge < -0.3 is 10.5 Å². The lowest BCUT2D eigenvalue weighted by atomic mass is 10.2. The summed E-state index contributed by atoms with van der Waals surface area (Å²) in [6.45, 7) is 0.727. The standard InChI is InChI=1S/C12H13BrFN3O/c13-11-7-6-16-17(10-3-1-2-4-18-10)9(7)5-8(14)12(11)15/h5-6,10H,1-4,15H2. The Kier molecular flexibility index (Phi) is 2.99. The van der Waals surface area contributed by atoms with Gasteiger partial charge in [-0.3, -0.25) is 0 Å². The average molecular weight is 314 g/mol. The molecular formula is C12H13BrFN3O. The molecule has 0 saturated carbocycles. The highest BCUT2D eigenvalue weighted by molar-refractivity contribution is 9.10. The van der Waals surface area contributed by atoms with E-state index in [-0.39, 0.29) is 11.9 Å². The van der Waals surface area contributed by atoms with Crippen molar-refractivity contribution in [2.45, 2.75) is 25.5 Å². The number of nitrogens with two attached hydrogens (primary N) is 1. The highest BCUT2D eigenvalue weighted by atomic mass is 79.9. The van der Waals surface area contributed by atoms with Crippen LogP contribution in [0.1, 0.15) is 25.5 Å². The van der Waals surface area contributed by atoms with Crippen LogP contribution in [0, 0.1) is 5.82 Å². The number of nitrogen functional groups attached to an aromatic ring is 1. The summed E-state index contributed by atoms with van der Waals surface area (Å²) in [4.78, 5) is 0. The average Bonchev–Trinajstić information content (AvgIpc) is 2.81. The molecule has 1 fully saturated rings. The summed E-state index contributed by atoms with van der Waals surface area (Å²) in [5, 5.41) is 5.11. The first-order chi connectivity index (χ1) is 8.68. The fraction of sp³-hybridized carbons (Fsp3) is 0.417. The van der Waals surface area contributed by atoms with E-state index in [0.29, 0.717) is 9.99 Å². The molecule has 18 heavy (non-hydrogen) atoms. The highest BCUT2D eigenvalue weighted by Gasteiger charge is 2.20. The molecule has 1 saturated heterocycles. The van der Waals surface area contributed by atoms with Crippen LogP contribution in [0.5, 0.6) is 0 Å². The number of nitrogens with zero attached hydrogens (tertiary/aromatic N) is 2. The predicted octanol–water partition coefficient (Wildman–Crippen LogP) is 3.22. The van der Waals surface area contributed by atoms with E-state index < -0.39 is 5.82 Å². The predicted molar refractivity (Wildman–Crippen MR) is 70.6 cm³/mol. The minimum Gasteiger partial charge on any atom is -0.395 e. The maximum atomic E-state index is 13.7. The maximum absolute atomic E-state index is 13.7. The van der Waals surface area contributed by atoms with Crippen LogP contribution >= 0.6 is 15.9 Å². The normalized spacial score (nSPS) is 20.4. The number of benzene rings is 1. The van der Waals surface area contributed by atoms with Gasteiger partial charge in [-0.2, -0.15) is 5.10 Å². The van der Waals surface area contributed by atoms with E-state index in [2.05, 4.69) is 21.0 Å². The second kappa shape index (κ2) is 4.51. The van der Waals surface area contributed by atoms with Gasteiger partial charge in [-0.15, -0.1) is 0 Å². The lowest BCUT2D eigenvalue weighted by molar-refractivity contribution is -0.0366. The monoisotopic (exact) mass is 313 g/mol. The zero-order valence-corrected chi connectivity index (χ0v) is 11.3. The Labute approximate surface area is 112 Å². The molecule has 1 aromatic carbocycles. The quantitative estimate of drug-likeness (QED) is 0.822. The maximum Gasteiger partial charge on any atom is 0.150 e. The summed E-state index contributed by atoms with van der Waals surface area (Å²) < 4.78 is 21.7. The van der Waals surface area contributed by atoms with Crippen LogP contribution in [0.3, 0.4) is 0 Å². The van der Waals surface area contributed by atoms with Gasteiger partial charge in [0.25, 0.3) is 0 Å². The largest absolute Gasteiger partial charge is 0.395 e. The molecule has 1 aromatic heterocycles. The van der Waals surface area contributed by atoms with E-state index in [4.69, 9.17) is 10.5 Å². The van der Waals surface area contributed by atoms with Gasteiger partial charge in [0.1, 0.15) is 5.82 Å². The Bertz CT molecular complexity index is 593. The molecule has 0 radical (unpaired) electrons. The van der Waals surface area contributed by atoms with Gasteiger partial charge in [0.05, 0.1) is 21.9 Å². The summed E-state index contributed by atoms with van der Waals surface area (Å²) in [6, 6.07) is 1.42. The van der Waals surface area contributed by atoms with Crippen molar-refractivity contribution in [3.8, 4) is 0 Å².